The molecule has 1 unspecified atom stereocenters. The zero-order valence-electron chi connectivity index (χ0n) is 8.01. The van der Waals surface area contributed by atoms with Gasteiger partial charge in [-0.2, -0.15) is 0 Å². The molecular weight excluding hydrogens is 266 g/mol. The van der Waals surface area contributed by atoms with Crippen LogP contribution >= 0.6 is 15.9 Å². The highest BCUT2D eigenvalue weighted by Crippen LogP contribution is 2.29. The van der Waals surface area contributed by atoms with Gasteiger partial charge in [-0.3, -0.25) is 0 Å². The molecule has 82 valence electrons. The molecule has 5 heteroatoms. The van der Waals surface area contributed by atoms with Crippen LogP contribution in [0.3, 0.4) is 0 Å². The Hall–Kier alpha value is -0.680. The second-order valence-corrected chi connectivity index (χ2v) is 4.63. The van der Waals surface area contributed by atoms with E-state index in [1.54, 1.807) is 4.90 Å². The van der Waals surface area contributed by atoms with Gasteiger partial charge < -0.3 is 10.6 Å². The van der Waals surface area contributed by atoms with Gasteiger partial charge in [-0.15, -0.1) is 0 Å². The average Bonchev–Trinajstić information content (AvgIpc) is 2.49. The molecule has 1 fully saturated rings. The molecule has 0 radical (unpaired) electrons. The van der Waals surface area contributed by atoms with Crippen molar-refractivity contribution in [3.8, 4) is 0 Å². The molecule has 1 aromatic rings. The quantitative estimate of drug-likeness (QED) is 0.853. The molecule has 0 aliphatic carbocycles. The molecule has 0 aromatic heterocycles. The molecule has 1 saturated heterocycles. The lowest BCUT2D eigenvalue weighted by Crippen LogP contribution is -2.27. The second-order valence-electron chi connectivity index (χ2n) is 3.71. The highest BCUT2D eigenvalue weighted by Gasteiger charge is 2.24. The van der Waals surface area contributed by atoms with Crippen LogP contribution in [-0.2, 0) is 0 Å². The van der Waals surface area contributed by atoms with Crippen molar-refractivity contribution < 1.29 is 8.78 Å². The Morgan fingerprint density at radius 2 is 1.93 bits per heavy atom. The third kappa shape index (κ3) is 2.13. The molecule has 1 atom stereocenters. The number of hydrogen-bond acceptors (Lipinski definition) is 2. The van der Waals surface area contributed by atoms with Gasteiger partial charge in [0.1, 0.15) is 5.69 Å². The molecule has 2 rings (SSSR count). The highest BCUT2D eigenvalue weighted by molar-refractivity contribution is 9.10. The minimum absolute atomic E-state index is 0.00690. The van der Waals surface area contributed by atoms with E-state index in [0.29, 0.717) is 17.6 Å². The maximum Gasteiger partial charge on any atom is 0.150 e. The van der Waals surface area contributed by atoms with Crippen LogP contribution in [0.4, 0.5) is 14.5 Å². The van der Waals surface area contributed by atoms with Crippen LogP contribution in [0.15, 0.2) is 16.6 Å². The van der Waals surface area contributed by atoms with Crippen molar-refractivity contribution in [1.29, 1.82) is 0 Å². The van der Waals surface area contributed by atoms with Gasteiger partial charge in [0, 0.05) is 23.6 Å². The molecular formula is C10H11BrF2N2. The summed E-state index contributed by atoms with van der Waals surface area (Å²) in [5, 5.41) is 0. The van der Waals surface area contributed by atoms with E-state index < -0.39 is 11.6 Å². The first-order chi connectivity index (χ1) is 7.08. The van der Waals surface area contributed by atoms with E-state index >= 15 is 0 Å². The SMILES string of the molecule is NC1CCN(c2c(F)cc(Br)cc2F)C1. The molecule has 0 bridgehead atoms. The third-order valence-corrected chi connectivity index (χ3v) is 2.98. The Balaban J connectivity index is 2.35. The number of nitrogens with two attached hydrogens (primary N) is 1. The second kappa shape index (κ2) is 4.06. The average molecular weight is 277 g/mol. The highest BCUT2D eigenvalue weighted by atomic mass is 79.9. The molecule has 1 aliphatic heterocycles. The Morgan fingerprint density at radius 3 is 2.40 bits per heavy atom. The summed E-state index contributed by atoms with van der Waals surface area (Å²) in [5.41, 5.74) is 5.73. The summed E-state index contributed by atoms with van der Waals surface area (Å²) >= 11 is 3.04. The number of benzene rings is 1. The number of rotatable bonds is 1. The summed E-state index contributed by atoms with van der Waals surface area (Å²) in [7, 11) is 0. The Morgan fingerprint density at radius 1 is 1.33 bits per heavy atom. The third-order valence-electron chi connectivity index (χ3n) is 2.52. The van der Waals surface area contributed by atoms with Crippen molar-refractivity contribution in [3.63, 3.8) is 0 Å². The maximum absolute atomic E-state index is 13.5. The molecule has 0 spiro atoms. The summed E-state index contributed by atoms with van der Waals surface area (Å²) in [6, 6.07) is 2.54. The van der Waals surface area contributed by atoms with Gasteiger partial charge in [-0.1, -0.05) is 15.9 Å². The summed E-state index contributed by atoms with van der Waals surface area (Å²) < 4.78 is 27.5. The van der Waals surface area contributed by atoms with Gasteiger partial charge in [0.2, 0.25) is 0 Å². The van der Waals surface area contributed by atoms with Crippen LogP contribution in [-0.4, -0.2) is 19.1 Å². The molecule has 1 heterocycles. The zero-order chi connectivity index (χ0) is 11.0. The van der Waals surface area contributed by atoms with Crippen molar-refractivity contribution in [3.05, 3.63) is 28.2 Å². The van der Waals surface area contributed by atoms with E-state index in [0.717, 1.165) is 6.42 Å². The van der Waals surface area contributed by atoms with E-state index in [1.807, 2.05) is 0 Å². The molecule has 0 amide bonds. The van der Waals surface area contributed by atoms with Gasteiger partial charge in [-0.25, -0.2) is 8.78 Å². The summed E-state index contributed by atoms with van der Waals surface area (Å²) in [6.45, 7) is 1.12. The number of hydrogen-bond donors (Lipinski definition) is 1. The summed E-state index contributed by atoms with van der Waals surface area (Å²) in [4.78, 5) is 1.65. The van der Waals surface area contributed by atoms with Crippen LogP contribution < -0.4 is 10.6 Å². The van der Waals surface area contributed by atoms with Crippen molar-refractivity contribution in [2.45, 2.75) is 12.5 Å². The van der Waals surface area contributed by atoms with Crippen LogP contribution in [0.5, 0.6) is 0 Å². The van der Waals surface area contributed by atoms with E-state index in [4.69, 9.17) is 5.73 Å². The largest absolute Gasteiger partial charge is 0.365 e. The van der Waals surface area contributed by atoms with Crippen LogP contribution in [0.25, 0.3) is 0 Å². The molecule has 1 aliphatic rings. The van der Waals surface area contributed by atoms with Crippen molar-refractivity contribution in [1.82, 2.24) is 0 Å². The van der Waals surface area contributed by atoms with Gasteiger partial charge in [0.05, 0.1) is 0 Å². The fourth-order valence-electron chi connectivity index (χ4n) is 1.83. The standard InChI is InChI=1S/C10H11BrF2N2/c11-6-3-8(12)10(9(13)4-6)15-2-1-7(14)5-15/h3-4,7H,1-2,5,14H2. The normalized spacial score (nSPS) is 21.1. The lowest BCUT2D eigenvalue weighted by atomic mass is 10.2. The molecule has 2 N–H and O–H groups in total. The summed E-state index contributed by atoms with van der Waals surface area (Å²) in [5.74, 6) is -1.09. The van der Waals surface area contributed by atoms with Crippen molar-refractivity contribution in [2.24, 2.45) is 5.73 Å². The lowest BCUT2D eigenvalue weighted by Gasteiger charge is -2.19. The fourth-order valence-corrected chi connectivity index (χ4v) is 2.23. The Labute approximate surface area is 95.2 Å². The number of halogens is 3. The van der Waals surface area contributed by atoms with Gasteiger partial charge in [0.15, 0.2) is 11.6 Å². The maximum atomic E-state index is 13.5. The molecule has 2 nitrogen and oxygen atoms in total. The van der Waals surface area contributed by atoms with Crippen LogP contribution in [0.1, 0.15) is 6.42 Å². The molecule has 15 heavy (non-hydrogen) atoms. The smallest absolute Gasteiger partial charge is 0.150 e. The van der Waals surface area contributed by atoms with Crippen molar-refractivity contribution >= 4 is 21.6 Å². The summed E-state index contributed by atoms with van der Waals surface area (Å²) in [6.07, 6.45) is 0.773. The van der Waals surface area contributed by atoms with Gasteiger partial charge in [0.25, 0.3) is 0 Å². The first-order valence-corrected chi connectivity index (χ1v) is 5.52. The first-order valence-electron chi connectivity index (χ1n) is 4.73. The fraction of sp³-hybridized carbons (Fsp3) is 0.400. The monoisotopic (exact) mass is 276 g/mol. The van der Waals surface area contributed by atoms with Crippen molar-refractivity contribution in [2.75, 3.05) is 18.0 Å². The predicted octanol–water partition coefficient (Wildman–Crippen LogP) is 2.26. The van der Waals surface area contributed by atoms with E-state index in [9.17, 15) is 8.78 Å². The number of nitrogens with zero attached hydrogens (tertiary/aromatic N) is 1. The first kappa shape index (κ1) is 10.8. The number of anilines is 1. The topological polar surface area (TPSA) is 29.3 Å². The lowest BCUT2D eigenvalue weighted by molar-refractivity contribution is 0.575. The van der Waals surface area contributed by atoms with Gasteiger partial charge in [-0.05, 0) is 18.6 Å². The molecule has 1 aromatic carbocycles. The van der Waals surface area contributed by atoms with E-state index in [-0.39, 0.29) is 11.7 Å². The molecule has 0 saturated carbocycles. The van der Waals surface area contributed by atoms with Crippen LogP contribution in [0, 0.1) is 11.6 Å². The predicted molar refractivity (Wildman–Crippen MR) is 58.9 cm³/mol. The zero-order valence-corrected chi connectivity index (χ0v) is 9.60. The van der Waals surface area contributed by atoms with E-state index in [2.05, 4.69) is 15.9 Å². The Bertz CT molecular complexity index is 361. The van der Waals surface area contributed by atoms with Crippen LogP contribution in [0.2, 0.25) is 0 Å². The van der Waals surface area contributed by atoms with E-state index in [1.165, 1.54) is 12.1 Å². The minimum Gasteiger partial charge on any atom is -0.365 e. The minimum atomic E-state index is -0.545. The Kier molecular flexibility index (Phi) is 2.93. The van der Waals surface area contributed by atoms with Gasteiger partial charge >= 0.3 is 0 Å².